The van der Waals surface area contributed by atoms with E-state index >= 15 is 0 Å². The summed E-state index contributed by atoms with van der Waals surface area (Å²) in [7, 11) is 0. The van der Waals surface area contributed by atoms with Crippen molar-refractivity contribution < 1.29 is 0 Å². The van der Waals surface area contributed by atoms with E-state index in [-0.39, 0.29) is 7.43 Å². The van der Waals surface area contributed by atoms with Gasteiger partial charge in [-0.1, -0.05) is 78.8 Å². The topological polar surface area (TPSA) is 0 Å². The van der Waals surface area contributed by atoms with E-state index in [0.29, 0.717) is 0 Å². The molecule has 0 aliphatic rings. The second-order valence-electron chi connectivity index (χ2n) is 3.92. The van der Waals surface area contributed by atoms with Gasteiger partial charge in [0.2, 0.25) is 0 Å². The van der Waals surface area contributed by atoms with Crippen LogP contribution >= 0.6 is 0 Å². The maximum Gasteiger partial charge on any atom is -0.0276 e. The summed E-state index contributed by atoms with van der Waals surface area (Å²) < 4.78 is 0. The van der Waals surface area contributed by atoms with Gasteiger partial charge in [-0.3, -0.25) is 0 Å². The van der Waals surface area contributed by atoms with Crippen LogP contribution in [-0.2, 0) is 6.42 Å². The average molecular weight is 238 g/mol. The number of benzene rings is 1. The Morgan fingerprint density at radius 2 is 1.29 bits per heavy atom. The van der Waals surface area contributed by atoms with Gasteiger partial charge in [0, 0.05) is 0 Å². The molecular formula is C17H34. The molecule has 0 aliphatic heterocycles. The van der Waals surface area contributed by atoms with Gasteiger partial charge in [-0.05, 0) is 31.2 Å². The normalized spacial score (nSPS) is 8.24. The zero-order valence-corrected chi connectivity index (χ0v) is 12.3. The Morgan fingerprint density at radius 3 is 1.65 bits per heavy atom. The number of hydrogen-bond acceptors (Lipinski definition) is 0. The van der Waals surface area contributed by atoms with Crippen LogP contribution in [0, 0.1) is 12.8 Å². The SMILES string of the molecule is C.CC.CC.Cc1ccc(CCC(C)C)cc1. The van der Waals surface area contributed by atoms with Crippen LogP contribution in [0.25, 0.3) is 0 Å². The van der Waals surface area contributed by atoms with E-state index in [0.717, 1.165) is 5.92 Å². The van der Waals surface area contributed by atoms with Gasteiger partial charge in [0.15, 0.2) is 0 Å². The Morgan fingerprint density at radius 1 is 0.882 bits per heavy atom. The van der Waals surface area contributed by atoms with Gasteiger partial charge in [-0.2, -0.15) is 0 Å². The molecule has 0 radical (unpaired) electrons. The van der Waals surface area contributed by atoms with Crippen molar-refractivity contribution in [1.82, 2.24) is 0 Å². The van der Waals surface area contributed by atoms with E-state index < -0.39 is 0 Å². The lowest BCUT2D eigenvalue weighted by atomic mass is 10.0. The standard InChI is InChI=1S/C12H18.2C2H6.CH4/c1-10(2)4-7-12-8-5-11(3)6-9-12;2*1-2;/h5-6,8-10H,4,7H2,1-3H3;2*1-2H3;1H4. The summed E-state index contributed by atoms with van der Waals surface area (Å²) >= 11 is 0. The lowest BCUT2D eigenvalue weighted by Gasteiger charge is -2.04. The van der Waals surface area contributed by atoms with E-state index in [2.05, 4.69) is 45.0 Å². The van der Waals surface area contributed by atoms with Gasteiger partial charge in [-0.15, -0.1) is 0 Å². The molecule has 0 bridgehead atoms. The van der Waals surface area contributed by atoms with Gasteiger partial charge >= 0.3 is 0 Å². The molecule has 0 aliphatic carbocycles. The zero-order valence-electron chi connectivity index (χ0n) is 12.3. The Bertz CT molecular complexity index is 218. The largest absolute Gasteiger partial charge is 0.0776 e. The second kappa shape index (κ2) is 15.2. The predicted octanol–water partition coefficient (Wildman–Crippen LogP) is 6.27. The van der Waals surface area contributed by atoms with E-state index in [1.54, 1.807) is 0 Å². The quantitative estimate of drug-likeness (QED) is 0.582. The smallest absolute Gasteiger partial charge is 0.0276 e. The molecule has 0 saturated carbocycles. The highest BCUT2D eigenvalue weighted by Crippen LogP contribution is 2.09. The number of rotatable bonds is 3. The third kappa shape index (κ3) is 13.2. The van der Waals surface area contributed by atoms with Crippen molar-refractivity contribution in [2.75, 3.05) is 0 Å². The molecule has 17 heavy (non-hydrogen) atoms. The molecule has 0 spiro atoms. The van der Waals surface area contributed by atoms with Crippen LogP contribution < -0.4 is 0 Å². The number of hydrogen-bond donors (Lipinski definition) is 0. The minimum atomic E-state index is 0. The van der Waals surface area contributed by atoms with Crippen LogP contribution in [0.15, 0.2) is 24.3 Å². The van der Waals surface area contributed by atoms with Crippen LogP contribution in [0.3, 0.4) is 0 Å². The zero-order chi connectivity index (χ0) is 13.0. The first-order valence-electron chi connectivity index (χ1n) is 6.74. The summed E-state index contributed by atoms with van der Waals surface area (Å²) in [6.45, 7) is 14.7. The summed E-state index contributed by atoms with van der Waals surface area (Å²) in [6.07, 6.45) is 2.51. The van der Waals surface area contributed by atoms with Crippen LogP contribution in [-0.4, -0.2) is 0 Å². The Kier molecular flexibility index (Phi) is 19.2. The Hall–Kier alpha value is -0.780. The average Bonchev–Trinajstić information content (AvgIpc) is 2.33. The fourth-order valence-electron chi connectivity index (χ4n) is 1.21. The summed E-state index contributed by atoms with van der Waals surface area (Å²) in [5, 5.41) is 0. The summed E-state index contributed by atoms with van der Waals surface area (Å²) in [6, 6.07) is 8.85. The fraction of sp³-hybridized carbons (Fsp3) is 0.647. The molecule has 1 rings (SSSR count). The van der Waals surface area contributed by atoms with Crippen molar-refractivity contribution in [3.63, 3.8) is 0 Å². The molecule has 0 heteroatoms. The molecule has 0 aromatic heterocycles. The van der Waals surface area contributed by atoms with E-state index in [1.807, 2.05) is 27.7 Å². The van der Waals surface area contributed by atoms with Gasteiger partial charge < -0.3 is 0 Å². The summed E-state index contributed by atoms with van der Waals surface area (Å²) in [4.78, 5) is 0. The Labute approximate surface area is 110 Å². The van der Waals surface area contributed by atoms with Gasteiger partial charge in [0.05, 0.1) is 0 Å². The highest BCUT2D eigenvalue weighted by atomic mass is 14.0. The van der Waals surface area contributed by atoms with Gasteiger partial charge in [-0.25, -0.2) is 0 Å². The molecule has 0 heterocycles. The fourth-order valence-corrected chi connectivity index (χ4v) is 1.21. The maximum atomic E-state index is 2.27. The molecular weight excluding hydrogens is 204 g/mol. The lowest BCUT2D eigenvalue weighted by molar-refractivity contribution is 0.586. The van der Waals surface area contributed by atoms with Crippen molar-refractivity contribution in [3.05, 3.63) is 35.4 Å². The first kappa shape index (κ1) is 21.5. The minimum Gasteiger partial charge on any atom is -0.0776 e. The van der Waals surface area contributed by atoms with Crippen molar-refractivity contribution in [2.24, 2.45) is 5.92 Å². The van der Waals surface area contributed by atoms with Gasteiger partial charge in [0.25, 0.3) is 0 Å². The Balaban J connectivity index is -0.000000355. The lowest BCUT2D eigenvalue weighted by Crippen LogP contribution is -1.91. The van der Waals surface area contributed by atoms with E-state index in [1.165, 1.54) is 24.0 Å². The molecule has 0 fully saturated rings. The molecule has 0 saturated heterocycles. The van der Waals surface area contributed by atoms with Crippen molar-refractivity contribution >= 4 is 0 Å². The first-order chi connectivity index (χ1) is 7.68. The second-order valence-corrected chi connectivity index (χ2v) is 3.92. The highest BCUT2D eigenvalue weighted by molar-refractivity contribution is 5.21. The molecule has 0 amide bonds. The molecule has 0 N–H and O–H groups in total. The molecule has 102 valence electrons. The van der Waals surface area contributed by atoms with Gasteiger partial charge in [0.1, 0.15) is 0 Å². The first-order valence-corrected chi connectivity index (χ1v) is 6.74. The third-order valence-corrected chi connectivity index (χ3v) is 2.13. The molecule has 1 aromatic rings. The minimum absolute atomic E-state index is 0. The van der Waals surface area contributed by atoms with Crippen molar-refractivity contribution in [3.8, 4) is 0 Å². The predicted molar refractivity (Wildman–Crippen MR) is 83.8 cm³/mol. The molecule has 0 atom stereocenters. The molecule has 1 aromatic carbocycles. The van der Waals surface area contributed by atoms with Crippen LogP contribution in [0.2, 0.25) is 0 Å². The third-order valence-electron chi connectivity index (χ3n) is 2.13. The van der Waals surface area contributed by atoms with Crippen molar-refractivity contribution in [2.45, 2.75) is 68.7 Å². The molecule has 0 unspecified atom stereocenters. The van der Waals surface area contributed by atoms with Crippen molar-refractivity contribution in [1.29, 1.82) is 0 Å². The van der Waals surface area contributed by atoms with Crippen LogP contribution in [0.5, 0.6) is 0 Å². The monoisotopic (exact) mass is 238 g/mol. The van der Waals surface area contributed by atoms with Crippen LogP contribution in [0.4, 0.5) is 0 Å². The summed E-state index contributed by atoms with van der Waals surface area (Å²) in [5.74, 6) is 0.811. The highest BCUT2D eigenvalue weighted by Gasteiger charge is 1.95. The van der Waals surface area contributed by atoms with E-state index in [9.17, 15) is 0 Å². The number of aryl methyl sites for hydroxylation is 2. The summed E-state index contributed by atoms with van der Waals surface area (Å²) in [5.41, 5.74) is 2.82. The molecule has 0 nitrogen and oxygen atoms in total. The maximum absolute atomic E-state index is 2.27. The van der Waals surface area contributed by atoms with E-state index in [4.69, 9.17) is 0 Å². The van der Waals surface area contributed by atoms with Crippen LogP contribution in [0.1, 0.15) is 66.5 Å².